The van der Waals surface area contributed by atoms with Crippen molar-refractivity contribution in [3.05, 3.63) is 47.5 Å². The van der Waals surface area contributed by atoms with Crippen molar-refractivity contribution < 1.29 is 19.0 Å². The summed E-state index contributed by atoms with van der Waals surface area (Å²) in [6.45, 7) is 6.61. The molecule has 2 aromatic carbocycles. The summed E-state index contributed by atoms with van der Waals surface area (Å²) in [4.78, 5) is 22.6. The number of fused-ring (bicyclic) bond motifs is 2. The van der Waals surface area contributed by atoms with E-state index in [0.29, 0.717) is 33.7 Å². The monoisotopic (exact) mass is 487 g/mol. The SMILES string of the molecule is CC1Oc2ccccc2OC1C(=O)N(CCCN1CCOCC1)c1nc2c(Cl)cccc2s1. The van der Waals surface area contributed by atoms with Crippen LogP contribution in [0.15, 0.2) is 42.5 Å². The zero-order chi connectivity index (χ0) is 22.8. The van der Waals surface area contributed by atoms with Crippen molar-refractivity contribution in [3.8, 4) is 11.5 Å². The predicted octanol–water partition coefficient (Wildman–Crippen LogP) is 4.23. The summed E-state index contributed by atoms with van der Waals surface area (Å²) in [5.74, 6) is 1.07. The number of aromatic nitrogens is 1. The van der Waals surface area contributed by atoms with Crippen molar-refractivity contribution in [2.75, 3.05) is 44.3 Å². The Morgan fingerprint density at radius 2 is 1.91 bits per heavy atom. The third-order valence-corrected chi connectivity index (χ3v) is 7.25. The molecule has 2 atom stereocenters. The largest absolute Gasteiger partial charge is 0.482 e. The number of rotatable bonds is 6. The first-order valence-electron chi connectivity index (χ1n) is 11.2. The first-order chi connectivity index (χ1) is 16.1. The van der Waals surface area contributed by atoms with Crippen molar-refractivity contribution in [1.82, 2.24) is 9.88 Å². The van der Waals surface area contributed by atoms with E-state index in [9.17, 15) is 4.79 Å². The van der Waals surface area contributed by atoms with Gasteiger partial charge >= 0.3 is 0 Å². The van der Waals surface area contributed by atoms with E-state index in [1.807, 2.05) is 49.4 Å². The first kappa shape index (κ1) is 22.4. The van der Waals surface area contributed by atoms with Crippen LogP contribution in [0.3, 0.4) is 0 Å². The van der Waals surface area contributed by atoms with E-state index in [1.165, 1.54) is 11.3 Å². The van der Waals surface area contributed by atoms with Gasteiger partial charge in [0, 0.05) is 26.2 Å². The topological polar surface area (TPSA) is 64.1 Å². The van der Waals surface area contributed by atoms with Gasteiger partial charge in [0.25, 0.3) is 5.91 Å². The van der Waals surface area contributed by atoms with Gasteiger partial charge in [-0.2, -0.15) is 0 Å². The number of benzene rings is 2. The zero-order valence-corrected chi connectivity index (χ0v) is 20.0. The fraction of sp³-hybridized carbons (Fsp3) is 0.417. The second-order valence-corrected chi connectivity index (χ2v) is 9.60. The average Bonchev–Trinajstić information content (AvgIpc) is 3.27. The van der Waals surface area contributed by atoms with E-state index < -0.39 is 12.2 Å². The Labute approximate surface area is 201 Å². The molecule has 0 radical (unpaired) electrons. The molecule has 2 unspecified atom stereocenters. The van der Waals surface area contributed by atoms with Crippen LogP contribution in [0.25, 0.3) is 10.2 Å². The molecule has 7 nitrogen and oxygen atoms in total. The van der Waals surface area contributed by atoms with Crippen molar-refractivity contribution in [2.45, 2.75) is 25.6 Å². The van der Waals surface area contributed by atoms with Crippen LogP contribution in [0.4, 0.5) is 5.13 Å². The van der Waals surface area contributed by atoms with Gasteiger partial charge in [-0.1, -0.05) is 41.1 Å². The van der Waals surface area contributed by atoms with Crippen molar-refractivity contribution in [2.24, 2.45) is 0 Å². The standard InChI is InChI=1S/C24H26ClN3O4S/c1-16-22(32-19-8-3-2-7-18(19)31-16)23(29)28(11-5-10-27-12-14-30-15-13-27)24-26-21-17(25)6-4-9-20(21)33-24/h2-4,6-9,16,22H,5,10-15H2,1H3. The Morgan fingerprint density at radius 1 is 1.15 bits per heavy atom. The van der Waals surface area contributed by atoms with Crippen LogP contribution in [0.5, 0.6) is 11.5 Å². The molecule has 174 valence electrons. The second kappa shape index (κ2) is 9.85. The molecule has 1 aromatic heterocycles. The Kier molecular flexibility index (Phi) is 6.69. The van der Waals surface area contributed by atoms with Crippen LogP contribution in [0.1, 0.15) is 13.3 Å². The van der Waals surface area contributed by atoms with Gasteiger partial charge in [0.05, 0.1) is 22.9 Å². The minimum atomic E-state index is -0.759. The van der Waals surface area contributed by atoms with Gasteiger partial charge in [0.2, 0.25) is 6.10 Å². The van der Waals surface area contributed by atoms with Crippen LogP contribution in [0.2, 0.25) is 5.02 Å². The molecular weight excluding hydrogens is 462 g/mol. The molecule has 3 heterocycles. The van der Waals surface area contributed by atoms with Gasteiger partial charge in [0.1, 0.15) is 11.6 Å². The van der Waals surface area contributed by atoms with E-state index in [2.05, 4.69) is 4.90 Å². The van der Waals surface area contributed by atoms with E-state index in [0.717, 1.165) is 44.0 Å². The number of nitrogens with zero attached hydrogens (tertiary/aromatic N) is 3. The van der Waals surface area contributed by atoms with E-state index in [1.54, 1.807) is 4.90 Å². The molecule has 2 aliphatic heterocycles. The Bertz CT molecular complexity index is 1130. The number of ether oxygens (including phenoxy) is 3. The highest BCUT2D eigenvalue weighted by Gasteiger charge is 2.38. The van der Waals surface area contributed by atoms with Crippen LogP contribution in [-0.2, 0) is 9.53 Å². The minimum absolute atomic E-state index is 0.158. The van der Waals surface area contributed by atoms with Crippen LogP contribution in [-0.4, -0.2) is 67.4 Å². The van der Waals surface area contributed by atoms with E-state index in [-0.39, 0.29) is 5.91 Å². The number of thiazole rings is 1. The molecule has 33 heavy (non-hydrogen) atoms. The maximum atomic E-state index is 13.8. The lowest BCUT2D eigenvalue weighted by Gasteiger charge is -2.34. The molecule has 9 heteroatoms. The summed E-state index contributed by atoms with van der Waals surface area (Å²) in [6.07, 6.45) is -0.369. The third-order valence-electron chi connectivity index (χ3n) is 5.90. The highest BCUT2D eigenvalue weighted by atomic mass is 35.5. The number of morpholine rings is 1. The van der Waals surface area contributed by atoms with Crippen LogP contribution >= 0.6 is 22.9 Å². The summed E-state index contributed by atoms with van der Waals surface area (Å²) in [5, 5.41) is 1.20. The number of anilines is 1. The molecule has 0 N–H and O–H groups in total. The Morgan fingerprint density at radius 3 is 2.67 bits per heavy atom. The summed E-state index contributed by atoms with van der Waals surface area (Å²) >= 11 is 7.83. The molecule has 0 saturated carbocycles. The number of carbonyl (C=O) groups is 1. The minimum Gasteiger partial charge on any atom is -0.482 e. The fourth-order valence-electron chi connectivity index (χ4n) is 4.14. The molecule has 1 amide bonds. The predicted molar refractivity (Wildman–Crippen MR) is 130 cm³/mol. The van der Waals surface area contributed by atoms with Gasteiger partial charge in [-0.25, -0.2) is 4.98 Å². The van der Waals surface area contributed by atoms with Crippen molar-refractivity contribution in [1.29, 1.82) is 0 Å². The van der Waals surface area contributed by atoms with E-state index in [4.69, 9.17) is 30.8 Å². The fourth-order valence-corrected chi connectivity index (χ4v) is 5.44. The molecule has 0 spiro atoms. The normalized spacial score (nSPS) is 20.7. The summed E-state index contributed by atoms with van der Waals surface area (Å²) in [7, 11) is 0. The number of hydrogen-bond acceptors (Lipinski definition) is 7. The molecule has 5 rings (SSSR count). The number of para-hydroxylation sites is 3. The van der Waals surface area contributed by atoms with Gasteiger partial charge in [-0.3, -0.25) is 14.6 Å². The Balaban J connectivity index is 1.39. The lowest BCUT2D eigenvalue weighted by atomic mass is 10.1. The van der Waals surface area contributed by atoms with Crippen molar-refractivity contribution >= 4 is 44.2 Å². The maximum Gasteiger partial charge on any atom is 0.273 e. The second-order valence-electron chi connectivity index (χ2n) is 8.19. The van der Waals surface area contributed by atoms with Crippen LogP contribution in [0, 0.1) is 0 Å². The van der Waals surface area contributed by atoms with E-state index >= 15 is 0 Å². The average molecular weight is 488 g/mol. The quantitative estimate of drug-likeness (QED) is 0.518. The highest BCUT2D eigenvalue weighted by Crippen LogP contribution is 2.36. The van der Waals surface area contributed by atoms with Gasteiger partial charge in [-0.05, 0) is 37.6 Å². The third kappa shape index (κ3) is 4.80. The summed E-state index contributed by atoms with van der Waals surface area (Å²) in [6, 6.07) is 13.1. The summed E-state index contributed by atoms with van der Waals surface area (Å²) < 4.78 is 18.5. The highest BCUT2D eigenvalue weighted by molar-refractivity contribution is 7.22. The van der Waals surface area contributed by atoms with Gasteiger partial charge in [0.15, 0.2) is 16.6 Å². The van der Waals surface area contributed by atoms with Crippen molar-refractivity contribution in [3.63, 3.8) is 0 Å². The number of hydrogen-bond donors (Lipinski definition) is 0. The lowest BCUT2D eigenvalue weighted by Crippen LogP contribution is -2.51. The lowest BCUT2D eigenvalue weighted by molar-refractivity contribution is -0.130. The van der Waals surface area contributed by atoms with Gasteiger partial charge < -0.3 is 14.2 Å². The Hall–Kier alpha value is -2.39. The molecule has 1 saturated heterocycles. The zero-order valence-electron chi connectivity index (χ0n) is 18.4. The molecular formula is C24H26ClN3O4S. The molecule has 1 fully saturated rings. The number of carbonyl (C=O) groups excluding carboxylic acids is 1. The number of halogens is 1. The molecule has 0 aliphatic carbocycles. The number of amides is 1. The summed E-state index contributed by atoms with van der Waals surface area (Å²) in [5.41, 5.74) is 0.712. The maximum absolute atomic E-state index is 13.8. The van der Waals surface area contributed by atoms with Crippen LogP contribution < -0.4 is 14.4 Å². The van der Waals surface area contributed by atoms with Gasteiger partial charge in [-0.15, -0.1) is 0 Å². The molecule has 2 aliphatic rings. The smallest absolute Gasteiger partial charge is 0.273 e. The molecule has 0 bridgehead atoms. The first-order valence-corrected chi connectivity index (χ1v) is 12.4. The molecule has 3 aromatic rings.